The van der Waals surface area contributed by atoms with E-state index in [0.717, 1.165) is 0 Å². The highest BCUT2D eigenvalue weighted by Crippen LogP contribution is 1.77. The van der Waals surface area contributed by atoms with Gasteiger partial charge in [-0.15, -0.1) is 0 Å². The van der Waals surface area contributed by atoms with Crippen molar-refractivity contribution in [2.45, 2.75) is 6.10 Å². The first-order chi connectivity index (χ1) is 3.18. The summed E-state index contributed by atoms with van der Waals surface area (Å²) in [6.45, 7) is -1.29. The zero-order chi connectivity index (χ0) is 5.86. The lowest BCUT2D eigenvalue weighted by Gasteiger charge is -2.03. The number of aliphatic carboxylic acids is 1. The van der Waals surface area contributed by atoms with Crippen molar-refractivity contribution in [2.75, 3.05) is 6.67 Å². The highest BCUT2D eigenvalue weighted by atomic mass is 19.1. The van der Waals surface area contributed by atoms with E-state index < -0.39 is 18.7 Å². The van der Waals surface area contributed by atoms with Gasteiger partial charge in [-0.1, -0.05) is 0 Å². The molecule has 0 unspecified atom stereocenters. The average molecular weight is 107 g/mol. The molecule has 0 bridgehead atoms. The Morgan fingerprint density at radius 3 is 2.43 bits per heavy atom. The maximum atomic E-state index is 11.0. The summed E-state index contributed by atoms with van der Waals surface area (Å²) in [6, 6.07) is 0. The van der Waals surface area contributed by atoms with Crippen LogP contribution >= 0.6 is 0 Å². The molecular formula is C3H4FO3-. The average Bonchev–Trinajstić information content (AvgIpc) is 1.65. The van der Waals surface area contributed by atoms with Crippen molar-refractivity contribution in [3.63, 3.8) is 0 Å². The van der Waals surface area contributed by atoms with Crippen molar-refractivity contribution in [2.24, 2.45) is 0 Å². The van der Waals surface area contributed by atoms with E-state index in [1.165, 1.54) is 0 Å². The Morgan fingerprint density at radius 2 is 2.43 bits per heavy atom. The smallest absolute Gasteiger partial charge is 0.122 e. The summed E-state index contributed by atoms with van der Waals surface area (Å²) < 4.78 is 11.0. The van der Waals surface area contributed by atoms with E-state index in [1.54, 1.807) is 0 Å². The molecule has 0 radical (unpaired) electrons. The van der Waals surface area contributed by atoms with Gasteiger partial charge >= 0.3 is 0 Å². The Morgan fingerprint density at radius 1 is 2.00 bits per heavy atom. The molecule has 0 aromatic carbocycles. The minimum atomic E-state index is -1.96. The van der Waals surface area contributed by atoms with Gasteiger partial charge in [0, 0.05) is 0 Å². The van der Waals surface area contributed by atoms with Gasteiger partial charge in [0.1, 0.15) is 12.8 Å². The van der Waals surface area contributed by atoms with Crippen molar-refractivity contribution in [3.05, 3.63) is 0 Å². The second-order valence-corrected chi connectivity index (χ2v) is 0.989. The molecule has 7 heavy (non-hydrogen) atoms. The van der Waals surface area contributed by atoms with E-state index in [9.17, 15) is 14.3 Å². The van der Waals surface area contributed by atoms with Gasteiger partial charge in [-0.05, 0) is 0 Å². The first kappa shape index (κ1) is 6.36. The monoisotopic (exact) mass is 107 g/mol. The fourth-order valence-corrected chi connectivity index (χ4v) is 0.0630. The van der Waals surface area contributed by atoms with Crippen LogP contribution in [0.3, 0.4) is 0 Å². The number of carbonyl (C=O) groups is 1. The van der Waals surface area contributed by atoms with Crippen LogP contribution in [0.15, 0.2) is 0 Å². The number of aliphatic hydroxyl groups excluding tert-OH is 1. The van der Waals surface area contributed by atoms with Gasteiger partial charge in [0.05, 0.1) is 5.97 Å². The predicted molar refractivity (Wildman–Crippen MR) is 17.0 cm³/mol. The number of carboxylic acid groups (broad SMARTS) is 1. The number of hydrogen-bond acceptors (Lipinski definition) is 3. The third kappa shape index (κ3) is 2.11. The Balaban J connectivity index is 3.34. The molecule has 0 heterocycles. The van der Waals surface area contributed by atoms with Crippen molar-refractivity contribution < 1.29 is 19.4 Å². The second kappa shape index (κ2) is 2.52. The standard InChI is InChI=1S/C3H5FO3/c4-1-2(5)3(6)7/h2,5H,1H2,(H,6,7)/p-1/t2-/m1/s1. The van der Waals surface area contributed by atoms with Crippen LogP contribution < -0.4 is 5.11 Å². The summed E-state index contributed by atoms with van der Waals surface area (Å²) in [5, 5.41) is 17.2. The highest BCUT2D eigenvalue weighted by Gasteiger charge is 2.00. The van der Waals surface area contributed by atoms with Crippen LogP contribution in [0.2, 0.25) is 0 Å². The van der Waals surface area contributed by atoms with E-state index in [0.29, 0.717) is 0 Å². The van der Waals surface area contributed by atoms with E-state index in [-0.39, 0.29) is 0 Å². The topological polar surface area (TPSA) is 60.4 Å². The van der Waals surface area contributed by atoms with Crippen LogP contribution in [0.4, 0.5) is 4.39 Å². The summed E-state index contributed by atoms with van der Waals surface area (Å²) in [4.78, 5) is 9.33. The number of aliphatic hydroxyl groups is 1. The molecule has 3 nitrogen and oxygen atoms in total. The lowest BCUT2D eigenvalue weighted by Crippen LogP contribution is -2.36. The maximum Gasteiger partial charge on any atom is 0.122 e. The molecule has 4 heteroatoms. The first-order valence-corrected chi connectivity index (χ1v) is 1.63. The zero-order valence-corrected chi connectivity index (χ0v) is 3.43. The third-order valence-corrected chi connectivity index (χ3v) is 0.418. The predicted octanol–water partition coefficient (Wildman–Crippen LogP) is -1.93. The third-order valence-electron chi connectivity index (χ3n) is 0.418. The second-order valence-electron chi connectivity index (χ2n) is 0.989. The van der Waals surface area contributed by atoms with Crippen LogP contribution in [-0.2, 0) is 4.79 Å². The largest absolute Gasteiger partial charge is 0.547 e. The van der Waals surface area contributed by atoms with Gasteiger partial charge in [-0.3, -0.25) is 0 Å². The summed E-state index contributed by atoms with van der Waals surface area (Å²) in [5.74, 6) is -1.78. The van der Waals surface area contributed by atoms with Crippen molar-refractivity contribution in [1.29, 1.82) is 0 Å². The number of halogens is 1. The lowest BCUT2D eigenvalue weighted by molar-refractivity contribution is -0.315. The molecule has 1 atom stereocenters. The number of hydrogen-bond donors (Lipinski definition) is 1. The van der Waals surface area contributed by atoms with E-state index in [4.69, 9.17) is 5.11 Å². The fourth-order valence-electron chi connectivity index (χ4n) is 0.0630. The maximum absolute atomic E-state index is 11.0. The van der Waals surface area contributed by atoms with Crippen molar-refractivity contribution in [3.8, 4) is 0 Å². The molecule has 0 aromatic heterocycles. The van der Waals surface area contributed by atoms with Crippen LogP contribution in [0.1, 0.15) is 0 Å². The molecule has 0 saturated carbocycles. The van der Waals surface area contributed by atoms with Gasteiger partial charge in [0.15, 0.2) is 0 Å². The highest BCUT2D eigenvalue weighted by molar-refractivity contribution is 5.69. The van der Waals surface area contributed by atoms with Gasteiger partial charge in [-0.25, -0.2) is 4.39 Å². The number of rotatable bonds is 2. The van der Waals surface area contributed by atoms with Gasteiger partial charge < -0.3 is 15.0 Å². The summed E-state index contributed by atoms with van der Waals surface area (Å²) in [6.07, 6.45) is -1.96. The van der Waals surface area contributed by atoms with Crippen LogP contribution in [0.5, 0.6) is 0 Å². The van der Waals surface area contributed by atoms with Crippen molar-refractivity contribution in [1.82, 2.24) is 0 Å². The molecular weight excluding hydrogens is 103 g/mol. The minimum Gasteiger partial charge on any atom is -0.547 e. The molecule has 0 rings (SSSR count). The molecule has 0 aliphatic heterocycles. The SMILES string of the molecule is O=C([O-])[C@H](O)CF. The minimum absolute atomic E-state index is 1.29. The molecule has 0 saturated heterocycles. The number of carboxylic acids is 1. The number of alkyl halides is 1. The Hall–Kier alpha value is -0.640. The summed E-state index contributed by atoms with van der Waals surface area (Å²) in [7, 11) is 0. The van der Waals surface area contributed by atoms with E-state index >= 15 is 0 Å². The molecule has 1 N–H and O–H groups in total. The summed E-state index contributed by atoms with van der Waals surface area (Å²) in [5.41, 5.74) is 0. The lowest BCUT2D eigenvalue weighted by atomic mass is 10.4. The van der Waals surface area contributed by atoms with Gasteiger partial charge in [0.25, 0.3) is 0 Å². The number of carbonyl (C=O) groups excluding carboxylic acids is 1. The molecule has 42 valence electrons. The Labute approximate surface area is 39.4 Å². The Kier molecular flexibility index (Phi) is 2.29. The van der Waals surface area contributed by atoms with Crippen LogP contribution in [-0.4, -0.2) is 23.9 Å². The zero-order valence-electron chi connectivity index (χ0n) is 3.43. The fraction of sp³-hybridized carbons (Fsp3) is 0.667. The molecule has 0 amide bonds. The quantitative estimate of drug-likeness (QED) is 0.447. The molecule has 0 aliphatic carbocycles. The normalized spacial score (nSPS) is 13.4. The van der Waals surface area contributed by atoms with Crippen molar-refractivity contribution >= 4 is 5.97 Å². The Bertz CT molecular complexity index is 72.6. The molecule has 0 aliphatic rings. The van der Waals surface area contributed by atoms with Crippen LogP contribution in [0.25, 0.3) is 0 Å². The molecule has 0 spiro atoms. The van der Waals surface area contributed by atoms with Gasteiger partial charge in [0.2, 0.25) is 0 Å². The first-order valence-electron chi connectivity index (χ1n) is 1.63. The van der Waals surface area contributed by atoms with E-state index in [1.807, 2.05) is 0 Å². The molecule has 0 fully saturated rings. The van der Waals surface area contributed by atoms with E-state index in [2.05, 4.69) is 0 Å². The van der Waals surface area contributed by atoms with Crippen LogP contribution in [0, 0.1) is 0 Å². The molecule has 0 aromatic rings. The van der Waals surface area contributed by atoms with Gasteiger partial charge in [-0.2, -0.15) is 0 Å². The summed E-state index contributed by atoms with van der Waals surface area (Å²) >= 11 is 0.